The van der Waals surface area contributed by atoms with Gasteiger partial charge in [-0.3, -0.25) is 4.90 Å². The number of likely N-dealkylation sites (N-methyl/N-ethyl adjacent to an activating group) is 2. The number of hydrogen-bond donors (Lipinski definition) is 1. The van der Waals surface area contributed by atoms with Gasteiger partial charge in [-0.2, -0.15) is 0 Å². The molecule has 2 aliphatic heterocycles. The van der Waals surface area contributed by atoms with Crippen molar-refractivity contribution in [3.05, 3.63) is 22.8 Å². The number of piperazine rings is 1. The maximum atomic E-state index is 4.92. The number of aromatic nitrogens is 2. The Kier molecular flexibility index (Phi) is 4.01. The number of hydrogen-bond acceptors (Lipinski definition) is 5. The molecule has 0 radical (unpaired) electrons. The lowest BCUT2D eigenvalue weighted by molar-refractivity contribution is 0.109. The Bertz CT molecular complexity index is 487. The van der Waals surface area contributed by atoms with Gasteiger partial charge in [-0.05, 0) is 20.5 Å². The van der Waals surface area contributed by atoms with Crippen LogP contribution in [0.2, 0.25) is 0 Å². The fourth-order valence-electron chi connectivity index (χ4n) is 3.14. The van der Waals surface area contributed by atoms with E-state index in [0.29, 0.717) is 6.04 Å². The first-order valence-corrected chi connectivity index (χ1v) is 7.67. The first kappa shape index (κ1) is 13.9. The summed E-state index contributed by atoms with van der Waals surface area (Å²) < 4.78 is 0. The Labute approximate surface area is 121 Å². The highest BCUT2D eigenvalue weighted by atomic mass is 15.3. The van der Waals surface area contributed by atoms with Crippen LogP contribution in [0.1, 0.15) is 42.2 Å². The van der Waals surface area contributed by atoms with Crippen LogP contribution < -0.4 is 5.32 Å². The summed E-state index contributed by atoms with van der Waals surface area (Å²) in [5.41, 5.74) is 3.83. The molecule has 0 aliphatic carbocycles. The van der Waals surface area contributed by atoms with Gasteiger partial charge in [-0.25, -0.2) is 9.97 Å². The molecule has 5 nitrogen and oxygen atoms in total. The van der Waals surface area contributed by atoms with Crippen molar-refractivity contribution in [2.75, 3.05) is 33.7 Å². The van der Waals surface area contributed by atoms with E-state index in [1.807, 2.05) is 0 Å². The molecule has 1 aromatic heterocycles. The van der Waals surface area contributed by atoms with Crippen LogP contribution >= 0.6 is 0 Å². The highest BCUT2D eigenvalue weighted by Gasteiger charge is 2.28. The first-order chi connectivity index (χ1) is 9.69. The molecule has 110 valence electrons. The molecule has 3 heterocycles. The third kappa shape index (κ3) is 2.57. The summed E-state index contributed by atoms with van der Waals surface area (Å²) in [7, 11) is 4.37. The van der Waals surface area contributed by atoms with Gasteiger partial charge in [-0.1, -0.05) is 13.3 Å². The van der Waals surface area contributed by atoms with E-state index in [1.54, 1.807) is 0 Å². The Morgan fingerprint density at radius 1 is 1.20 bits per heavy atom. The molecular weight excluding hydrogens is 250 g/mol. The van der Waals surface area contributed by atoms with Gasteiger partial charge in [0, 0.05) is 44.0 Å². The normalized spacial score (nSPS) is 24.1. The molecule has 3 rings (SSSR count). The zero-order valence-electron chi connectivity index (χ0n) is 12.8. The van der Waals surface area contributed by atoms with Crippen LogP contribution in [0, 0.1) is 0 Å². The molecule has 1 aromatic rings. The molecule has 1 unspecified atom stereocenters. The Hall–Kier alpha value is -1.04. The van der Waals surface area contributed by atoms with Crippen LogP contribution in [-0.4, -0.2) is 53.5 Å². The summed E-state index contributed by atoms with van der Waals surface area (Å²) >= 11 is 0. The summed E-state index contributed by atoms with van der Waals surface area (Å²) in [6.45, 7) is 7.29. The Balaban J connectivity index is 1.94. The average Bonchev–Trinajstić information content (AvgIpc) is 2.90. The van der Waals surface area contributed by atoms with Crippen LogP contribution in [0.15, 0.2) is 0 Å². The number of aryl methyl sites for hydroxylation is 1. The minimum absolute atomic E-state index is 0.329. The highest BCUT2D eigenvalue weighted by molar-refractivity contribution is 5.30. The molecule has 0 saturated carbocycles. The van der Waals surface area contributed by atoms with Crippen molar-refractivity contribution in [1.29, 1.82) is 0 Å². The summed E-state index contributed by atoms with van der Waals surface area (Å²) in [6.07, 6.45) is 2.20. The van der Waals surface area contributed by atoms with E-state index in [1.165, 1.54) is 17.0 Å². The van der Waals surface area contributed by atoms with E-state index in [9.17, 15) is 0 Å². The van der Waals surface area contributed by atoms with Crippen molar-refractivity contribution in [3.63, 3.8) is 0 Å². The fraction of sp³-hybridized carbons (Fsp3) is 0.733. The molecule has 0 bridgehead atoms. The average molecular weight is 275 g/mol. The standard InChI is InChI=1S/C15H25N5/c1-4-5-12-11-8-16-9-13(11)18-15(17-12)14-10-19(2)6-7-20(14)3/h14,16H,4-10H2,1-3H3. The van der Waals surface area contributed by atoms with Gasteiger partial charge in [-0.15, -0.1) is 0 Å². The van der Waals surface area contributed by atoms with Crippen LogP contribution in [0.5, 0.6) is 0 Å². The number of fused-ring (bicyclic) bond motifs is 1. The maximum absolute atomic E-state index is 4.92. The second-order valence-electron chi connectivity index (χ2n) is 6.07. The van der Waals surface area contributed by atoms with Gasteiger partial charge < -0.3 is 10.2 Å². The summed E-state index contributed by atoms with van der Waals surface area (Å²) in [6, 6.07) is 0.329. The van der Waals surface area contributed by atoms with Crippen molar-refractivity contribution in [1.82, 2.24) is 25.1 Å². The molecular formula is C15H25N5. The molecule has 5 heteroatoms. The molecule has 1 N–H and O–H groups in total. The second-order valence-corrected chi connectivity index (χ2v) is 6.07. The maximum Gasteiger partial charge on any atom is 0.147 e. The second kappa shape index (κ2) is 5.76. The first-order valence-electron chi connectivity index (χ1n) is 7.67. The molecule has 20 heavy (non-hydrogen) atoms. The van der Waals surface area contributed by atoms with Crippen molar-refractivity contribution in [2.24, 2.45) is 0 Å². The topological polar surface area (TPSA) is 44.3 Å². The lowest BCUT2D eigenvalue weighted by Gasteiger charge is -2.36. The minimum Gasteiger partial charge on any atom is -0.307 e. The largest absolute Gasteiger partial charge is 0.307 e. The monoisotopic (exact) mass is 275 g/mol. The molecule has 2 aliphatic rings. The molecule has 1 saturated heterocycles. The highest BCUT2D eigenvalue weighted by Crippen LogP contribution is 2.25. The van der Waals surface area contributed by atoms with Crippen molar-refractivity contribution < 1.29 is 0 Å². The molecule has 0 aromatic carbocycles. The zero-order chi connectivity index (χ0) is 14.1. The van der Waals surface area contributed by atoms with Gasteiger partial charge in [0.2, 0.25) is 0 Å². The van der Waals surface area contributed by atoms with E-state index in [4.69, 9.17) is 9.97 Å². The summed E-state index contributed by atoms with van der Waals surface area (Å²) in [5, 5.41) is 3.41. The summed E-state index contributed by atoms with van der Waals surface area (Å²) in [5.74, 6) is 1.02. The Morgan fingerprint density at radius 3 is 2.85 bits per heavy atom. The third-order valence-electron chi connectivity index (χ3n) is 4.43. The third-order valence-corrected chi connectivity index (χ3v) is 4.43. The number of rotatable bonds is 3. The van der Waals surface area contributed by atoms with E-state index < -0.39 is 0 Å². The van der Waals surface area contributed by atoms with Gasteiger partial charge >= 0.3 is 0 Å². The predicted molar refractivity (Wildman–Crippen MR) is 79.4 cm³/mol. The van der Waals surface area contributed by atoms with Crippen LogP contribution in [0.25, 0.3) is 0 Å². The van der Waals surface area contributed by atoms with E-state index in [-0.39, 0.29) is 0 Å². The lowest BCUT2D eigenvalue weighted by Crippen LogP contribution is -2.45. The van der Waals surface area contributed by atoms with Crippen LogP contribution in [0.3, 0.4) is 0 Å². The number of nitrogens with zero attached hydrogens (tertiary/aromatic N) is 4. The minimum atomic E-state index is 0.329. The molecule has 1 fully saturated rings. The predicted octanol–water partition coefficient (Wildman–Crippen LogP) is 0.951. The number of nitrogens with one attached hydrogen (secondary N) is 1. The fourth-order valence-corrected chi connectivity index (χ4v) is 3.14. The van der Waals surface area contributed by atoms with Gasteiger partial charge in [0.25, 0.3) is 0 Å². The van der Waals surface area contributed by atoms with Crippen molar-refractivity contribution in [3.8, 4) is 0 Å². The van der Waals surface area contributed by atoms with Gasteiger partial charge in [0.1, 0.15) is 5.82 Å². The quantitative estimate of drug-likeness (QED) is 0.890. The van der Waals surface area contributed by atoms with E-state index >= 15 is 0 Å². The van der Waals surface area contributed by atoms with Gasteiger partial charge in [0.15, 0.2) is 0 Å². The van der Waals surface area contributed by atoms with E-state index in [2.05, 4.69) is 36.1 Å². The van der Waals surface area contributed by atoms with Crippen LogP contribution in [0.4, 0.5) is 0 Å². The van der Waals surface area contributed by atoms with Crippen molar-refractivity contribution >= 4 is 0 Å². The molecule has 1 atom stereocenters. The lowest BCUT2D eigenvalue weighted by atomic mass is 10.1. The molecule has 0 spiro atoms. The molecule has 0 amide bonds. The van der Waals surface area contributed by atoms with E-state index in [0.717, 1.165) is 51.4 Å². The zero-order valence-corrected chi connectivity index (χ0v) is 12.8. The Morgan fingerprint density at radius 2 is 2.05 bits per heavy atom. The SMILES string of the molecule is CCCc1nc(C2CN(C)CCN2C)nc2c1CNC2. The summed E-state index contributed by atoms with van der Waals surface area (Å²) in [4.78, 5) is 14.5. The van der Waals surface area contributed by atoms with Crippen LogP contribution in [-0.2, 0) is 19.5 Å². The smallest absolute Gasteiger partial charge is 0.147 e. The van der Waals surface area contributed by atoms with Crippen molar-refractivity contribution in [2.45, 2.75) is 38.9 Å². The van der Waals surface area contributed by atoms with Gasteiger partial charge in [0.05, 0.1) is 11.7 Å².